The van der Waals surface area contributed by atoms with Crippen molar-refractivity contribution in [2.45, 2.75) is 38.6 Å². The molecular weight excluding hydrogens is 202 g/mol. The zero-order chi connectivity index (χ0) is 11.4. The van der Waals surface area contributed by atoms with Crippen LogP contribution in [0.1, 0.15) is 32.6 Å². The number of methoxy groups -OCH3 is 1. The molecule has 0 amide bonds. The number of rotatable bonds is 5. The predicted molar refractivity (Wildman–Crippen MR) is 65.7 cm³/mol. The van der Waals surface area contributed by atoms with E-state index in [4.69, 9.17) is 4.74 Å². The van der Waals surface area contributed by atoms with Crippen LogP contribution in [0.3, 0.4) is 0 Å². The van der Waals surface area contributed by atoms with Crippen LogP contribution < -0.4 is 10.6 Å². The summed E-state index contributed by atoms with van der Waals surface area (Å²) in [7, 11) is 1.78. The number of nitrogens with one attached hydrogen (secondary N) is 2. The molecule has 2 aliphatic rings. The zero-order valence-corrected chi connectivity index (χ0v) is 10.4. The summed E-state index contributed by atoms with van der Waals surface area (Å²) < 4.78 is 5.19. The third-order valence-electron chi connectivity index (χ3n) is 3.79. The minimum absolute atomic E-state index is 0.464. The first-order valence-corrected chi connectivity index (χ1v) is 6.28. The maximum absolute atomic E-state index is 5.19. The molecule has 4 heteroatoms. The fraction of sp³-hybridized carbons (Fsp3) is 0.917. The van der Waals surface area contributed by atoms with Crippen molar-refractivity contribution in [1.82, 2.24) is 10.6 Å². The van der Waals surface area contributed by atoms with E-state index in [0.29, 0.717) is 11.5 Å². The van der Waals surface area contributed by atoms with Gasteiger partial charge in [0, 0.05) is 26.3 Å². The summed E-state index contributed by atoms with van der Waals surface area (Å²) in [6.07, 6.45) is 5.18. The summed E-state index contributed by atoms with van der Waals surface area (Å²) >= 11 is 0. The standard InChI is InChI=1S/C12H23N3O/c1-10-8-13-11(15-10)14-9-12(4-3-5-12)6-7-16-2/h10H,3-9H2,1-2H3,(H2,13,14,15). The fourth-order valence-corrected chi connectivity index (χ4v) is 2.44. The van der Waals surface area contributed by atoms with Gasteiger partial charge in [0.05, 0.1) is 6.54 Å². The maximum atomic E-state index is 5.19. The quantitative estimate of drug-likeness (QED) is 0.737. The molecule has 2 rings (SSSR count). The van der Waals surface area contributed by atoms with Gasteiger partial charge in [-0.3, -0.25) is 4.99 Å². The van der Waals surface area contributed by atoms with Crippen molar-refractivity contribution in [3.8, 4) is 0 Å². The molecule has 1 aliphatic carbocycles. The summed E-state index contributed by atoms with van der Waals surface area (Å²) in [6.45, 7) is 4.96. The Morgan fingerprint density at radius 1 is 1.56 bits per heavy atom. The highest BCUT2D eigenvalue weighted by Gasteiger charge is 2.36. The average molecular weight is 225 g/mol. The third-order valence-corrected chi connectivity index (χ3v) is 3.79. The van der Waals surface area contributed by atoms with Crippen LogP contribution in [-0.4, -0.2) is 38.8 Å². The fourth-order valence-electron chi connectivity index (χ4n) is 2.44. The molecule has 1 atom stereocenters. The molecule has 2 N–H and O–H groups in total. The maximum Gasteiger partial charge on any atom is 0.191 e. The van der Waals surface area contributed by atoms with E-state index in [0.717, 1.165) is 25.7 Å². The second-order valence-corrected chi connectivity index (χ2v) is 5.18. The zero-order valence-electron chi connectivity index (χ0n) is 10.4. The Bertz CT molecular complexity index is 261. The summed E-state index contributed by atoms with van der Waals surface area (Å²) in [5, 5.41) is 6.79. The lowest BCUT2D eigenvalue weighted by molar-refractivity contribution is 0.0733. The largest absolute Gasteiger partial charge is 0.385 e. The molecule has 0 spiro atoms. The van der Waals surface area contributed by atoms with Gasteiger partial charge in [0.2, 0.25) is 0 Å². The monoisotopic (exact) mass is 225 g/mol. The van der Waals surface area contributed by atoms with Gasteiger partial charge >= 0.3 is 0 Å². The summed E-state index contributed by atoms with van der Waals surface area (Å²) in [6, 6.07) is 0.485. The van der Waals surface area contributed by atoms with Gasteiger partial charge in [-0.1, -0.05) is 6.42 Å². The van der Waals surface area contributed by atoms with E-state index in [1.54, 1.807) is 7.11 Å². The normalized spacial score (nSPS) is 26.9. The highest BCUT2D eigenvalue weighted by atomic mass is 16.5. The molecule has 0 aromatic heterocycles. The number of hydrogen-bond donors (Lipinski definition) is 2. The van der Waals surface area contributed by atoms with Crippen molar-refractivity contribution in [2.24, 2.45) is 10.4 Å². The molecular formula is C12H23N3O. The molecule has 0 bridgehead atoms. The van der Waals surface area contributed by atoms with E-state index < -0.39 is 0 Å². The number of nitrogens with zero attached hydrogens (tertiary/aromatic N) is 1. The van der Waals surface area contributed by atoms with E-state index in [2.05, 4.69) is 22.5 Å². The number of aliphatic imine (C=N–C) groups is 1. The van der Waals surface area contributed by atoms with Crippen LogP contribution >= 0.6 is 0 Å². The Balaban J connectivity index is 1.74. The highest BCUT2D eigenvalue weighted by Crippen LogP contribution is 2.43. The molecule has 1 fully saturated rings. The van der Waals surface area contributed by atoms with Crippen LogP contribution in [0.25, 0.3) is 0 Å². The van der Waals surface area contributed by atoms with Crippen molar-refractivity contribution < 1.29 is 4.74 Å². The van der Waals surface area contributed by atoms with E-state index in [9.17, 15) is 0 Å². The minimum atomic E-state index is 0.464. The van der Waals surface area contributed by atoms with Crippen molar-refractivity contribution >= 4 is 5.96 Å². The van der Waals surface area contributed by atoms with E-state index in [-0.39, 0.29) is 0 Å². The molecule has 1 heterocycles. The van der Waals surface area contributed by atoms with Gasteiger partial charge in [-0.05, 0) is 31.6 Å². The second-order valence-electron chi connectivity index (χ2n) is 5.18. The van der Waals surface area contributed by atoms with Gasteiger partial charge in [0.1, 0.15) is 0 Å². The molecule has 0 aromatic rings. The molecule has 92 valence electrons. The van der Waals surface area contributed by atoms with Crippen LogP contribution in [0.5, 0.6) is 0 Å². The van der Waals surface area contributed by atoms with Gasteiger partial charge in [-0.2, -0.15) is 0 Å². The first kappa shape index (κ1) is 11.7. The van der Waals surface area contributed by atoms with Crippen LogP contribution in [-0.2, 0) is 4.74 Å². The van der Waals surface area contributed by atoms with E-state index in [1.165, 1.54) is 25.7 Å². The van der Waals surface area contributed by atoms with E-state index in [1.807, 2.05) is 0 Å². The van der Waals surface area contributed by atoms with Crippen molar-refractivity contribution in [2.75, 3.05) is 26.8 Å². The average Bonchev–Trinajstić information content (AvgIpc) is 2.62. The lowest BCUT2D eigenvalue weighted by Gasteiger charge is -2.42. The van der Waals surface area contributed by atoms with Gasteiger partial charge in [-0.15, -0.1) is 0 Å². The SMILES string of the molecule is COCCC1(CNC2=NCC(C)N2)CCC1. The lowest BCUT2D eigenvalue weighted by atomic mass is 9.67. The molecule has 1 aliphatic heterocycles. The second kappa shape index (κ2) is 5.04. The Hall–Kier alpha value is -0.770. The first-order chi connectivity index (χ1) is 7.74. The topological polar surface area (TPSA) is 45.6 Å². The van der Waals surface area contributed by atoms with Gasteiger partial charge < -0.3 is 15.4 Å². The van der Waals surface area contributed by atoms with Gasteiger partial charge in [-0.25, -0.2) is 0 Å². The molecule has 1 unspecified atom stereocenters. The Morgan fingerprint density at radius 3 is 2.88 bits per heavy atom. The van der Waals surface area contributed by atoms with Gasteiger partial charge in [0.25, 0.3) is 0 Å². The number of guanidine groups is 1. The van der Waals surface area contributed by atoms with Crippen LogP contribution in [0.4, 0.5) is 0 Å². The van der Waals surface area contributed by atoms with Gasteiger partial charge in [0.15, 0.2) is 5.96 Å². The summed E-state index contributed by atoms with van der Waals surface area (Å²) in [4.78, 5) is 4.42. The van der Waals surface area contributed by atoms with Crippen molar-refractivity contribution in [3.05, 3.63) is 0 Å². The van der Waals surface area contributed by atoms with E-state index >= 15 is 0 Å². The highest BCUT2D eigenvalue weighted by molar-refractivity contribution is 5.81. The molecule has 0 aromatic carbocycles. The predicted octanol–water partition coefficient (Wildman–Crippen LogP) is 1.13. The van der Waals surface area contributed by atoms with Crippen LogP contribution in [0.15, 0.2) is 4.99 Å². The number of ether oxygens (including phenoxy) is 1. The molecule has 0 radical (unpaired) electrons. The Kier molecular flexibility index (Phi) is 3.69. The van der Waals surface area contributed by atoms with Crippen LogP contribution in [0.2, 0.25) is 0 Å². The van der Waals surface area contributed by atoms with Crippen LogP contribution in [0, 0.1) is 5.41 Å². The minimum Gasteiger partial charge on any atom is -0.385 e. The number of hydrogen-bond acceptors (Lipinski definition) is 4. The third kappa shape index (κ3) is 2.67. The Morgan fingerprint density at radius 2 is 2.38 bits per heavy atom. The molecule has 16 heavy (non-hydrogen) atoms. The Labute approximate surface area is 97.9 Å². The smallest absolute Gasteiger partial charge is 0.191 e. The first-order valence-electron chi connectivity index (χ1n) is 6.28. The summed E-state index contributed by atoms with van der Waals surface area (Å²) in [5.74, 6) is 0.983. The molecule has 0 saturated heterocycles. The van der Waals surface area contributed by atoms with Crippen molar-refractivity contribution in [3.63, 3.8) is 0 Å². The van der Waals surface area contributed by atoms with Crippen molar-refractivity contribution in [1.29, 1.82) is 0 Å². The summed E-state index contributed by atoms with van der Waals surface area (Å²) in [5.41, 5.74) is 0.464. The molecule has 1 saturated carbocycles. The lowest BCUT2D eigenvalue weighted by Crippen LogP contribution is -2.46. The molecule has 4 nitrogen and oxygen atoms in total.